The molecule has 0 aliphatic heterocycles. The van der Waals surface area contributed by atoms with E-state index in [0.717, 1.165) is 0 Å². The largest absolute Gasteiger partial charge is 0.480 e. The molecule has 1 aromatic heterocycles. The Kier molecular flexibility index (Phi) is 6.62. The van der Waals surface area contributed by atoms with Crippen LogP contribution in [0, 0.1) is 0 Å². The lowest BCUT2D eigenvalue weighted by Crippen LogP contribution is -2.41. The number of carboxylic acid groups (broad SMARTS) is 1. The Morgan fingerprint density at radius 3 is 2.79 bits per heavy atom. The minimum atomic E-state index is -1.09. The van der Waals surface area contributed by atoms with E-state index in [1.807, 2.05) is 0 Å². The molecule has 1 rings (SSSR count). The molecule has 0 spiro atoms. The maximum Gasteiger partial charge on any atom is 0.321 e. The van der Waals surface area contributed by atoms with Crippen molar-refractivity contribution in [3.05, 3.63) is 24.2 Å². The molecule has 0 aliphatic carbocycles. The summed E-state index contributed by atoms with van der Waals surface area (Å²) in [5.41, 5.74) is 0. The lowest BCUT2D eigenvalue weighted by atomic mass is 10.2. The molecule has 1 amide bonds. The van der Waals surface area contributed by atoms with Gasteiger partial charge in [-0.3, -0.25) is 9.59 Å². The highest BCUT2D eigenvalue weighted by Gasteiger charge is 2.20. The summed E-state index contributed by atoms with van der Waals surface area (Å²) in [5.74, 6) is -0.861. The smallest absolute Gasteiger partial charge is 0.321 e. The van der Waals surface area contributed by atoms with E-state index in [4.69, 9.17) is 14.6 Å². The van der Waals surface area contributed by atoms with Gasteiger partial charge in [0.2, 0.25) is 5.91 Å². The van der Waals surface area contributed by atoms with Gasteiger partial charge in [0.1, 0.15) is 11.8 Å². The van der Waals surface area contributed by atoms with Gasteiger partial charge in [0, 0.05) is 6.61 Å². The Morgan fingerprint density at radius 1 is 1.42 bits per heavy atom. The molecule has 1 atom stereocenters. The highest BCUT2D eigenvalue weighted by atomic mass is 16.4. The minimum absolute atomic E-state index is 0.0238. The van der Waals surface area contributed by atoms with E-state index in [-0.39, 0.29) is 25.5 Å². The number of aliphatic hydroxyl groups is 1. The van der Waals surface area contributed by atoms with Crippen molar-refractivity contribution < 1.29 is 24.2 Å². The van der Waals surface area contributed by atoms with Crippen LogP contribution in [0.15, 0.2) is 22.8 Å². The summed E-state index contributed by atoms with van der Waals surface area (Å²) in [6.45, 7) is 0.553. The fourth-order valence-electron chi connectivity index (χ4n) is 1.46. The quantitative estimate of drug-likeness (QED) is 0.459. The van der Waals surface area contributed by atoms with Crippen LogP contribution in [0.4, 0.5) is 0 Å². The molecule has 1 heterocycles. The van der Waals surface area contributed by atoms with Gasteiger partial charge in [0.05, 0.1) is 19.2 Å². The average molecular weight is 270 g/mol. The van der Waals surface area contributed by atoms with Gasteiger partial charge in [-0.2, -0.15) is 0 Å². The molecule has 1 unspecified atom stereocenters. The maximum atomic E-state index is 11.6. The van der Waals surface area contributed by atoms with Crippen molar-refractivity contribution in [2.45, 2.75) is 25.4 Å². The van der Waals surface area contributed by atoms with Crippen LogP contribution in [0.2, 0.25) is 0 Å². The standard InChI is InChI=1S/C12H18N2O5/c15-5-2-4-13-10(12(17)18)7-11(16)14-8-9-3-1-6-19-9/h1,3,6,10,13,15H,2,4-5,7-8H2,(H,14,16)(H,17,18). The van der Waals surface area contributed by atoms with E-state index in [1.54, 1.807) is 12.1 Å². The Hall–Kier alpha value is -1.86. The average Bonchev–Trinajstić information content (AvgIpc) is 2.88. The Balaban J connectivity index is 2.32. The van der Waals surface area contributed by atoms with Crippen molar-refractivity contribution in [3.8, 4) is 0 Å². The fourth-order valence-corrected chi connectivity index (χ4v) is 1.46. The third kappa shape index (κ3) is 6.03. The molecule has 7 nitrogen and oxygen atoms in total. The first-order chi connectivity index (χ1) is 9.13. The van der Waals surface area contributed by atoms with Gasteiger partial charge in [0.25, 0.3) is 0 Å². The molecule has 0 bridgehead atoms. The molecular weight excluding hydrogens is 252 g/mol. The van der Waals surface area contributed by atoms with Crippen LogP contribution in [0.5, 0.6) is 0 Å². The molecule has 4 N–H and O–H groups in total. The normalized spacial score (nSPS) is 12.1. The molecule has 106 valence electrons. The lowest BCUT2D eigenvalue weighted by Gasteiger charge is -2.13. The third-order valence-electron chi connectivity index (χ3n) is 2.45. The van der Waals surface area contributed by atoms with Crippen molar-refractivity contribution >= 4 is 11.9 Å². The van der Waals surface area contributed by atoms with Gasteiger partial charge in [0.15, 0.2) is 0 Å². The maximum absolute atomic E-state index is 11.6. The van der Waals surface area contributed by atoms with Crippen LogP contribution in [-0.4, -0.2) is 41.3 Å². The number of nitrogens with one attached hydrogen (secondary N) is 2. The van der Waals surface area contributed by atoms with Crippen molar-refractivity contribution in [1.29, 1.82) is 0 Å². The minimum Gasteiger partial charge on any atom is -0.480 e. The number of aliphatic carboxylic acids is 1. The summed E-state index contributed by atoms with van der Waals surface area (Å²) >= 11 is 0. The van der Waals surface area contributed by atoms with Crippen LogP contribution in [0.3, 0.4) is 0 Å². The summed E-state index contributed by atoms with van der Waals surface area (Å²) in [6.07, 6.45) is 1.78. The van der Waals surface area contributed by atoms with E-state index in [2.05, 4.69) is 10.6 Å². The number of hydrogen-bond donors (Lipinski definition) is 4. The van der Waals surface area contributed by atoms with E-state index in [9.17, 15) is 9.59 Å². The molecule has 0 radical (unpaired) electrons. The summed E-state index contributed by atoms with van der Waals surface area (Å²) in [4.78, 5) is 22.5. The van der Waals surface area contributed by atoms with Gasteiger partial charge in [-0.05, 0) is 25.1 Å². The number of rotatable bonds is 9. The molecule has 0 saturated heterocycles. The zero-order valence-corrected chi connectivity index (χ0v) is 10.5. The number of carbonyl (C=O) groups is 2. The van der Waals surface area contributed by atoms with E-state index in [1.165, 1.54) is 6.26 Å². The molecule has 0 aliphatic rings. The number of amides is 1. The summed E-state index contributed by atoms with van der Waals surface area (Å²) in [6, 6.07) is 2.47. The summed E-state index contributed by atoms with van der Waals surface area (Å²) in [7, 11) is 0. The second kappa shape index (κ2) is 8.28. The second-order valence-corrected chi connectivity index (χ2v) is 3.98. The molecule has 0 aromatic carbocycles. The highest BCUT2D eigenvalue weighted by Crippen LogP contribution is 2.00. The van der Waals surface area contributed by atoms with Crippen LogP contribution in [-0.2, 0) is 16.1 Å². The zero-order chi connectivity index (χ0) is 14.1. The van der Waals surface area contributed by atoms with Crippen LogP contribution >= 0.6 is 0 Å². The topological polar surface area (TPSA) is 112 Å². The third-order valence-corrected chi connectivity index (χ3v) is 2.45. The predicted molar refractivity (Wildman–Crippen MR) is 66.3 cm³/mol. The van der Waals surface area contributed by atoms with E-state index >= 15 is 0 Å². The van der Waals surface area contributed by atoms with Crippen LogP contribution in [0.1, 0.15) is 18.6 Å². The van der Waals surface area contributed by atoms with Gasteiger partial charge < -0.3 is 25.3 Å². The molecule has 1 aromatic rings. The predicted octanol–water partition coefficient (Wildman–Crippen LogP) is -0.289. The first kappa shape index (κ1) is 15.2. The van der Waals surface area contributed by atoms with Crippen LogP contribution < -0.4 is 10.6 Å². The second-order valence-electron chi connectivity index (χ2n) is 3.98. The molecule has 19 heavy (non-hydrogen) atoms. The number of carboxylic acids is 1. The lowest BCUT2D eigenvalue weighted by molar-refractivity contribution is -0.141. The summed E-state index contributed by atoms with van der Waals surface area (Å²) in [5, 5.41) is 22.8. The van der Waals surface area contributed by atoms with Gasteiger partial charge in [-0.25, -0.2) is 0 Å². The highest BCUT2D eigenvalue weighted by molar-refractivity contribution is 5.84. The number of aliphatic hydroxyl groups excluding tert-OH is 1. The van der Waals surface area contributed by atoms with Crippen LogP contribution in [0.25, 0.3) is 0 Å². The monoisotopic (exact) mass is 270 g/mol. The Bertz CT molecular complexity index is 391. The van der Waals surface area contributed by atoms with E-state index in [0.29, 0.717) is 18.7 Å². The van der Waals surface area contributed by atoms with E-state index < -0.39 is 12.0 Å². The molecule has 0 fully saturated rings. The number of furan rings is 1. The van der Waals surface area contributed by atoms with Gasteiger partial charge in [-0.1, -0.05) is 0 Å². The number of carbonyl (C=O) groups excluding carboxylic acids is 1. The molecular formula is C12H18N2O5. The molecule has 0 saturated carbocycles. The zero-order valence-electron chi connectivity index (χ0n) is 10.5. The Labute approximate surface area is 110 Å². The molecule has 7 heteroatoms. The SMILES string of the molecule is O=C(CC(NCCCO)C(=O)O)NCc1ccco1. The van der Waals surface area contributed by atoms with Crippen molar-refractivity contribution in [2.24, 2.45) is 0 Å². The first-order valence-electron chi connectivity index (χ1n) is 5.99. The van der Waals surface area contributed by atoms with Gasteiger partial charge in [-0.15, -0.1) is 0 Å². The summed E-state index contributed by atoms with van der Waals surface area (Å²) < 4.78 is 5.04. The number of hydrogen-bond acceptors (Lipinski definition) is 5. The first-order valence-corrected chi connectivity index (χ1v) is 5.99. The van der Waals surface area contributed by atoms with Crippen molar-refractivity contribution in [3.63, 3.8) is 0 Å². The Morgan fingerprint density at radius 2 is 2.21 bits per heavy atom. The van der Waals surface area contributed by atoms with Crippen molar-refractivity contribution in [1.82, 2.24) is 10.6 Å². The fraction of sp³-hybridized carbons (Fsp3) is 0.500. The van der Waals surface area contributed by atoms with Gasteiger partial charge >= 0.3 is 5.97 Å². The van der Waals surface area contributed by atoms with Crippen molar-refractivity contribution in [2.75, 3.05) is 13.2 Å².